The second kappa shape index (κ2) is 6.18. The summed E-state index contributed by atoms with van der Waals surface area (Å²) in [6.45, 7) is 2.08. The summed E-state index contributed by atoms with van der Waals surface area (Å²) in [6.07, 6.45) is 2.72. The number of ether oxygens (including phenoxy) is 1. The van der Waals surface area contributed by atoms with Crippen LogP contribution in [-0.4, -0.2) is 6.10 Å². The molecule has 0 aliphatic heterocycles. The molecule has 110 valence electrons. The van der Waals surface area contributed by atoms with Crippen molar-refractivity contribution in [1.29, 1.82) is 0 Å². The van der Waals surface area contributed by atoms with E-state index in [4.69, 9.17) is 10.6 Å². The van der Waals surface area contributed by atoms with Crippen LogP contribution >= 0.6 is 15.9 Å². The molecule has 21 heavy (non-hydrogen) atoms. The van der Waals surface area contributed by atoms with E-state index in [0.29, 0.717) is 6.10 Å². The van der Waals surface area contributed by atoms with E-state index in [9.17, 15) is 0 Å². The summed E-state index contributed by atoms with van der Waals surface area (Å²) < 4.78 is 6.95. The van der Waals surface area contributed by atoms with Crippen molar-refractivity contribution in [1.82, 2.24) is 5.43 Å². The van der Waals surface area contributed by atoms with Crippen LogP contribution in [0.2, 0.25) is 0 Å². The van der Waals surface area contributed by atoms with Gasteiger partial charge in [0.1, 0.15) is 5.75 Å². The van der Waals surface area contributed by atoms with Gasteiger partial charge in [-0.25, -0.2) is 5.43 Å². The molecule has 1 aliphatic carbocycles. The lowest BCUT2D eigenvalue weighted by atomic mass is 9.98. The standard InChI is InChI=1S/C17H19BrN2O/c1-11-4-2-7-15(16(11)18)17(20-19)12-5-3-6-14(10-12)21-13-8-9-13/h2-7,10,13,17,20H,8-9,19H2,1H3. The van der Waals surface area contributed by atoms with Crippen LogP contribution < -0.4 is 16.0 Å². The molecule has 3 rings (SSSR count). The Bertz CT molecular complexity index is 640. The van der Waals surface area contributed by atoms with E-state index in [2.05, 4.69) is 52.5 Å². The van der Waals surface area contributed by atoms with Crippen molar-refractivity contribution in [3.63, 3.8) is 0 Å². The average molecular weight is 347 g/mol. The van der Waals surface area contributed by atoms with E-state index < -0.39 is 0 Å². The largest absolute Gasteiger partial charge is 0.490 e. The molecule has 0 amide bonds. The van der Waals surface area contributed by atoms with Crippen molar-refractivity contribution in [2.24, 2.45) is 5.84 Å². The summed E-state index contributed by atoms with van der Waals surface area (Å²) in [5.41, 5.74) is 6.33. The highest BCUT2D eigenvalue weighted by atomic mass is 79.9. The number of nitrogens with one attached hydrogen (secondary N) is 1. The van der Waals surface area contributed by atoms with E-state index in [-0.39, 0.29) is 6.04 Å². The Morgan fingerprint density at radius 2 is 2.00 bits per heavy atom. The molecular formula is C17H19BrN2O. The van der Waals surface area contributed by atoms with Crippen molar-refractivity contribution in [2.75, 3.05) is 0 Å². The maximum atomic E-state index is 5.87. The maximum Gasteiger partial charge on any atom is 0.120 e. The summed E-state index contributed by atoms with van der Waals surface area (Å²) in [6, 6.07) is 14.3. The van der Waals surface area contributed by atoms with Gasteiger partial charge >= 0.3 is 0 Å². The number of nitrogens with two attached hydrogens (primary N) is 1. The van der Waals surface area contributed by atoms with Crippen molar-refractivity contribution in [3.05, 3.63) is 63.6 Å². The van der Waals surface area contributed by atoms with Crippen LogP contribution in [0.3, 0.4) is 0 Å². The molecule has 4 heteroatoms. The van der Waals surface area contributed by atoms with Crippen LogP contribution in [0.25, 0.3) is 0 Å². The highest BCUT2D eigenvalue weighted by Gasteiger charge is 2.24. The summed E-state index contributed by atoms with van der Waals surface area (Å²) in [5.74, 6) is 6.72. The lowest BCUT2D eigenvalue weighted by molar-refractivity contribution is 0.302. The topological polar surface area (TPSA) is 47.3 Å². The van der Waals surface area contributed by atoms with Crippen LogP contribution in [0.5, 0.6) is 5.75 Å². The molecule has 1 unspecified atom stereocenters. The minimum Gasteiger partial charge on any atom is -0.490 e. The van der Waals surface area contributed by atoms with E-state index in [1.54, 1.807) is 0 Å². The highest BCUT2D eigenvalue weighted by molar-refractivity contribution is 9.10. The quantitative estimate of drug-likeness (QED) is 0.638. The smallest absolute Gasteiger partial charge is 0.120 e. The maximum absolute atomic E-state index is 5.87. The molecular weight excluding hydrogens is 328 g/mol. The van der Waals surface area contributed by atoms with E-state index in [0.717, 1.165) is 34.2 Å². The minimum atomic E-state index is -0.0676. The molecule has 0 saturated heterocycles. The zero-order chi connectivity index (χ0) is 14.8. The monoisotopic (exact) mass is 346 g/mol. The van der Waals surface area contributed by atoms with E-state index in [1.165, 1.54) is 5.56 Å². The third-order valence-electron chi connectivity index (χ3n) is 3.72. The second-order valence-corrected chi connectivity index (χ2v) is 6.26. The number of hydrogen-bond donors (Lipinski definition) is 2. The molecule has 1 saturated carbocycles. The van der Waals surface area contributed by atoms with Crippen molar-refractivity contribution in [3.8, 4) is 5.75 Å². The molecule has 0 heterocycles. The molecule has 2 aromatic rings. The number of hydrogen-bond acceptors (Lipinski definition) is 3. The molecule has 0 radical (unpaired) electrons. The Kier molecular flexibility index (Phi) is 4.29. The van der Waals surface area contributed by atoms with Crippen LogP contribution in [0.1, 0.15) is 35.6 Å². The summed E-state index contributed by atoms with van der Waals surface area (Å²) >= 11 is 3.66. The van der Waals surface area contributed by atoms with Crippen LogP contribution in [-0.2, 0) is 0 Å². The summed E-state index contributed by atoms with van der Waals surface area (Å²) in [7, 11) is 0. The fourth-order valence-corrected chi connectivity index (χ4v) is 2.90. The molecule has 3 N–H and O–H groups in total. The Morgan fingerprint density at radius 1 is 1.24 bits per heavy atom. The van der Waals surface area contributed by atoms with Gasteiger partial charge in [0.15, 0.2) is 0 Å². The molecule has 3 nitrogen and oxygen atoms in total. The number of aryl methyl sites for hydroxylation is 1. The van der Waals surface area contributed by atoms with Gasteiger partial charge in [-0.1, -0.05) is 46.3 Å². The van der Waals surface area contributed by atoms with Crippen molar-refractivity contribution in [2.45, 2.75) is 31.9 Å². The Labute approximate surface area is 133 Å². The summed E-state index contributed by atoms with van der Waals surface area (Å²) in [4.78, 5) is 0. The van der Waals surface area contributed by atoms with Crippen LogP contribution in [0.15, 0.2) is 46.9 Å². The summed E-state index contributed by atoms with van der Waals surface area (Å²) in [5, 5.41) is 0. The third kappa shape index (κ3) is 3.28. The highest BCUT2D eigenvalue weighted by Crippen LogP contribution is 2.33. The van der Waals surface area contributed by atoms with E-state index in [1.807, 2.05) is 18.2 Å². The number of rotatable bonds is 5. The first-order valence-electron chi connectivity index (χ1n) is 7.17. The normalized spacial score (nSPS) is 15.8. The number of benzene rings is 2. The lowest BCUT2D eigenvalue weighted by Gasteiger charge is -2.20. The zero-order valence-electron chi connectivity index (χ0n) is 12.0. The van der Waals surface area contributed by atoms with Gasteiger partial charge in [-0.15, -0.1) is 0 Å². The first kappa shape index (κ1) is 14.6. The van der Waals surface area contributed by atoms with Gasteiger partial charge in [-0.05, 0) is 48.6 Å². The van der Waals surface area contributed by atoms with Crippen molar-refractivity contribution < 1.29 is 4.74 Å². The predicted octanol–water partition coefficient (Wildman–Crippen LogP) is 3.85. The van der Waals surface area contributed by atoms with Gasteiger partial charge in [0.2, 0.25) is 0 Å². The van der Waals surface area contributed by atoms with Gasteiger partial charge in [-0.2, -0.15) is 0 Å². The Morgan fingerprint density at radius 3 is 2.71 bits per heavy atom. The molecule has 1 aliphatic rings. The lowest BCUT2D eigenvalue weighted by Crippen LogP contribution is -2.29. The van der Waals surface area contributed by atoms with Crippen LogP contribution in [0, 0.1) is 6.92 Å². The Balaban J connectivity index is 1.93. The SMILES string of the molecule is Cc1cccc(C(NN)c2cccc(OC3CC3)c2)c1Br. The molecule has 1 atom stereocenters. The van der Waals surface area contributed by atoms with Gasteiger partial charge in [-0.3, -0.25) is 5.84 Å². The van der Waals surface area contributed by atoms with Gasteiger partial charge in [0, 0.05) is 4.47 Å². The molecule has 1 fully saturated rings. The molecule has 2 aromatic carbocycles. The first-order valence-corrected chi connectivity index (χ1v) is 7.96. The van der Waals surface area contributed by atoms with E-state index >= 15 is 0 Å². The predicted molar refractivity (Wildman–Crippen MR) is 88.1 cm³/mol. The molecule has 0 aromatic heterocycles. The number of halogens is 1. The van der Waals surface area contributed by atoms with Gasteiger partial charge in [0.25, 0.3) is 0 Å². The van der Waals surface area contributed by atoms with Crippen molar-refractivity contribution >= 4 is 15.9 Å². The second-order valence-electron chi connectivity index (χ2n) is 5.47. The molecule has 0 bridgehead atoms. The Hall–Kier alpha value is -1.36. The van der Waals surface area contributed by atoms with Gasteiger partial charge < -0.3 is 4.74 Å². The van der Waals surface area contributed by atoms with Gasteiger partial charge in [0.05, 0.1) is 12.1 Å². The fourth-order valence-electron chi connectivity index (χ4n) is 2.40. The third-order valence-corrected chi connectivity index (χ3v) is 4.80. The first-order chi connectivity index (χ1) is 10.2. The molecule has 0 spiro atoms. The zero-order valence-corrected chi connectivity index (χ0v) is 13.6. The number of hydrazine groups is 1. The minimum absolute atomic E-state index is 0.0676. The van der Waals surface area contributed by atoms with Crippen LogP contribution in [0.4, 0.5) is 0 Å². The average Bonchev–Trinajstić information content (AvgIpc) is 3.29. The fraction of sp³-hybridized carbons (Fsp3) is 0.294.